The van der Waals surface area contributed by atoms with Crippen LogP contribution in [0.15, 0.2) is 24.5 Å². The minimum Gasteiger partial charge on any atom is -0.494 e. The zero-order valence-electron chi connectivity index (χ0n) is 14.7. The molecule has 0 unspecified atom stereocenters. The van der Waals surface area contributed by atoms with E-state index in [1.165, 1.54) is 25.6 Å². The number of aromatic carboxylic acids is 1. The number of aromatic nitrogens is 3. The standard InChI is InChI=1S/C18H15FN6O3/c1-28-15-13(4-5-22-17-11(7-20)16(21)23-8-24-17)25-12-3-2-9(19)6-10(12)14(15)18(26)27/h2-3,6,8H,4-5H2,1H3,(H,26,27)(H3,21,22,23,24). The number of benzene rings is 1. The molecule has 4 N–H and O–H groups in total. The number of nitrogens with two attached hydrogens (primary N) is 1. The molecule has 10 heteroatoms. The maximum Gasteiger partial charge on any atom is 0.340 e. The Labute approximate surface area is 158 Å². The van der Waals surface area contributed by atoms with Gasteiger partial charge in [0.05, 0.1) is 18.3 Å². The van der Waals surface area contributed by atoms with Crippen LogP contribution in [0.4, 0.5) is 16.0 Å². The third kappa shape index (κ3) is 3.45. The molecule has 0 saturated heterocycles. The lowest BCUT2D eigenvalue weighted by Gasteiger charge is -2.14. The van der Waals surface area contributed by atoms with Crippen molar-refractivity contribution in [3.63, 3.8) is 0 Å². The molecule has 0 aliphatic carbocycles. The first-order valence-electron chi connectivity index (χ1n) is 8.10. The lowest BCUT2D eigenvalue weighted by Crippen LogP contribution is -2.13. The van der Waals surface area contributed by atoms with E-state index in [-0.39, 0.29) is 46.9 Å². The van der Waals surface area contributed by atoms with Crippen LogP contribution in [0, 0.1) is 17.1 Å². The number of carboxylic acids is 1. The third-order valence-corrected chi connectivity index (χ3v) is 4.03. The zero-order valence-corrected chi connectivity index (χ0v) is 14.7. The molecule has 0 radical (unpaired) electrons. The van der Waals surface area contributed by atoms with Gasteiger partial charge in [0.15, 0.2) is 5.75 Å². The average Bonchev–Trinajstić information content (AvgIpc) is 2.67. The minimum absolute atomic E-state index is 0.0510. The second kappa shape index (κ2) is 7.71. The van der Waals surface area contributed by atoms with E-state index < -0.39 is 11.8 Å². The summed E-state index contributed by atoms with van der Waals surface area (Å²) in [6.07, 6.45) is 1.48. The number of anilines is 2. The lowest BCUT2D eigenvalue weighted by molar-refractivity contribution is 0.0695. The first-order valence-corrected chi connectivity index (χ1v) is 8.10. The number of nitriles is 1. The second-order valence-electron chi connectivity index (χ2n) is 5.70. The number of halogens is 1. The van der Waals surface area contributed by atoms with Crippen molar-refractivity contribution in [1.29, 1.82) is 5.26 Å². The monoisotopic (exact) mass is 382 g/mol. The highest BCUT2D eigenvalue weighted by molar-refractivity contribution is 6.05. The van der Waals surface area contributed by atoms with Crippen molar-refractivity contribution in [3.05, 3.63) is 47.2 Å². The Morgan fingerprint density at radius 1 is 1.43 bits per heavy atom. The molecule has 3 aromatic rings. The zero-order chi connectivity index (χ0) is 20.3. The van der Waals surface area contributed by atoms with Gasteiger partial charge in [0.1, 0.15) is 41.0 Å². The van der Waals surface area contributed by atoms with Crippen molar-refractivity contribution in [2.75, 3.05) is 24.7 Å². The molecule has 0 saturated carbocycles. The summed E-state index contributed by atoms with van der Waals surface area (Å²) >= 11 is 0. The van der Waals surface area contributed by atoms with E-state index in [1.807, 2.05) is 6.07 Å². The summed E-state index contributed by atoms with van der Waals surface area (Å²) in [5, 5.41) is 21.9. The summed E-state index contributed by atoms with van der Waals surface area (Å²) in [6.45, 7) is 0.264. The van der Waals surface area contributed by atoms with Gasteiger partial charge in [-0.2, -0.15) is 5.26 Å². The predicted octanol–water partition coefficient (Wildman–Crippen LogP) is 1.98. The van der Waals surface area contributed by atoms with Crippen LogP contribution in [-0.4, -0.2) is 39.7 Å². The number of pyridine rings is 1. The number of carboxylic acid groups (broad SMARTS) is 1. The number of nitrogen functional groups attached to an aromatic ring is 1. The van der Waals surface area contributed by atoms with Crippen molar-refractivity contribution >= 4 is 28.5 Å². The number of hydrogen-bond donors (Lipinski definition) is 3. The lowest BCUT2D eigenvalue weighted by atomic mass is 10.0. The van der Waals surface area contributed by atoms with Crippen LogP contribution in [0.1, 0.15) is 21.6 Å². The number of nitrogens with zero attached hydrogens (tertiary/aromatic N) is 4. The van der Waals surface area contributed by atoms with Crippen molar-refractivity contribution in [2.45, 2.75) is 6.42 Å². The van der Waals surface area contributed by atoms with Crippen LogP contribution in [0.2, 0.25) is 0 Å². The number of fused-ring (bicyclic) bond motifs is 1. The van der Waals surface area contributed by atoms with E-state index in [1.54, 1.807) is 0 Å². The van der Waals surface area contributed by atoms with Gasteiger partial charge in [-0.3, -0.25) is 0 Å². The van der Waals surface area contributed by atoms with Crippen molar-refractivity contribution < 1.29 is 19.0 Å². The Kier molecular flexibility index (Phi) is 5.17. The topological polar surface area (TPSA) is 147 Å². The normalized spacial score (nSPS) is 10.5. The molecule has 28 heavy (non-hydrogen) atoms. The fraction of sp³-hybridized carbons (Fsp3) is 0.167. The average molecular weight is 382 g/mol. The first kappa shape index (κ1) is 18.8. The number of hydrogen-bond acceptors (Lipinski definition) is 8. The van der Waals surface area contributed by atoms with Gasteiger partial charge < -0.3 is 20.9 Å². The smallest absolute Gasteiger partial charge is 0.340 e. The predicted molar refractivity (Wildman–Crippen MR) is 98.6 cm³/mol. The van der Waals surface area contributed by atoms with E-state index in [9.17, 15) is 14.3 Å². The Morgan fingerprint density at radius 2 is 2.21 bits per heavy atom. The molecule has 2 aromatic heterocycles. The highest BCUT2D eigenvalue weighted by atomic mass is 19.1. The molecule has 0 bridgehead atoms. The Hall–Kier alpha value is -4.00. The number of methoxy groups -OCH3 is 1. The molecular formula is C18H15FN6O3. The number of carbonyl (C=O) groups is 1. The SMILES string of the molecule is COc1c(CCNc2ncnc(N)c2C#N)nc2ccc(F)cc2c1C(=O)O. The molecule has 0 spiro atoms. The van der Waals surface area contributed by atoms with E-state index in [2.05, 4.69) is 20.3 Å². The van der Waals surface area contributed by atoms with E-state index in [0.717, 1.165) is 6.07 Å². The highest BCUT2D eigenvalue weighted by Crippen LogP contribution is 2.31. The maximum atomic E-state index is 13.6. The molecule has 9 nitrogen and oxygen atoms in total. The van der Waals surface area contributed by atoms with Gasteiger partial charge in [0.2, 0.25) is 0 Å². The quantitative estimate of drug-likeness (QED) is 0.582. The maximum absolute atomic E-state index is 13.6. The molecule has 3 rings (SSSR count). The first-order chi connectivity index (χ1) is 13.5. The van der Waals surface area contributed by atoms with Gasteiger partial charge in [-0.25, -0.2) is 24.1 Å². The number of rotatable bonds is 6. The largest absolute Gasteiger partial charge is 0.494 e. The summed E-state index contributed by atoms with van der Waals surface area (Å²) in [5.41, 5.74) is 6.30. The molecular weight excluding hydrogens is 367 g/mol. The van der Waals surface area contributed by atoms with Gasteiger partial charge in [-0.1, -0.05) is 0 Å². The number of ether oxygens (including phenoxy) is 1. The summed E-state index contributed by atoms with van der Waals surface area (Å²) in [5.74, 6) is -1.46. The molecule has 0 fully saturated rings. The van der Waals surface area contributed by atoms with Crippen molar-refractivity contribution in [1.82, 2.24) is 15.0 Å². The third-order valence-electron chi connectivity index (χ3n) is 4.03. The van der Waals surface area contributed by atoms with Gasteiger partial charge in [-0.05, 0) is 18.2 Å². The Morgan fingerprint density at radius 3 is 2.89 bits per heavy atom. The molecule has 2 heterocycles. The summed E-state index contributed by atoms with van der Waals surface area (Å²) in [4.78, 5) is 23.9. The van der Waals surface area contributed by atoms with Crippen LogP contribution in [0.25, 0.3) is 10.9 Å². The summed E-state index contributed by atoms with van der Waals surface area (Å²) in [7, 11) is 1.32. The van der Waals surface area contributed by atoms with E-state index >= 15 is 0 Å². The van der Waals surface area contributed by atoms with Crippen molar-refractivity contribution in [3.8, 4) is 11.8 Å². The van der Waals surface area contributed by atoms with E-state index in [4.69, 9.17) is 15.7 Å². The molecule has 0 aliphatic rings. The Balaban J connectivity index is 1.95. The summed E-state index contributed by atoms with van der Waals surface area (Å²) < 4.78 is 18.9. The van der Waals surface area contributed by atoms with E-state index in [0.29, 0.717) is 11.2 Å². The van der Waals surface area contributed by atoms with Gasteiger partial charge in [-0.15, -0.1) is 0 Å². The minimum atomic E-state index is -1.25. The fourth-order valence-corrected chi connectivity index (χ4v) is 2.81. The molecule has 0 amide bonds. The molecule has 0 aliphatic heterocycles. The van der Waals surface area contributed by atoms with Gasteiger partial charge >= 0.3 is 5.97 Å². The fourth-order valence-electron chi connectivity index (χ4n) is 2.81. The van der Waals surface area contributed by atoms with Crippen LogP contribution in [-0.2, 0) is 6.42 Å². The summed E-state index contributed by atoms with van der Waals surface area (Å²) in [6, 6.07) is 5.65. The van der Waals surface area contributed by atoms with Crippen LogP contribution in [0.5, 0.6) is 5.75 Å². The Bertz CT molecular complexity index is 1110. The van der Waals surface area contributed by atoms with Gasteiger partial charge in [0.25, 0.3) is 0 Å². The van der Waals surface area contributed by atoms with Crippen LogP contribution >= 0.6 is 0 Å². The van der Waals surface area contributed by atoms with Crippen molar-refractivity contribution in [2.24, 2.45) is 0 Å². The van der Waals surface area contributed by atoms with Crippen LogP contribution < -0.4 is 15.8 Å². The molecule has 1 aromatic carbocycles. The number of nitrogens with one attached hydrogen (secondary N) is 1. The second-order valence-corrected chi connectivity index (χ2v) is 5.70. The molecule has 142 valence electrons. The highest BCUT2D eigenvalue weighted by Gasteiger charge is 2.21. The van der Waals surface area contributed by atoms with Crippen LogP contribution in [0.3, 0.4) is 0 Å². The molecule has 0 atom stereocenters. The van der Waals surface area contributed by atoms with Gasteiger partial charge in [0, 0.05) is 18.4 Å².